The number of hydrogen-bond donors (Lipinski definition) is 1. The summed E-state index contributed by atoms with van der Waals surface area (Å²) in [6.07, 6.45) is 1.71. The zero-order valence-corrected chi connectivity index (χ0v) is 20.1. The van der Waals surface area contributed by atoms with E-state index in [2.05, 4.69) is 10.2 Å². The first kappa shape index (κ1) is 25.1. The zero-order valence-electron chi connectivity index (χ0n) is 20.1. The summed E-state index contributed by atoms with van der Waals surface area (Å²) in [4.78, 5) is 30.0. The van der Waals surface area contributed by atoms with E-state index in [1.165, 1.54) is 18.1 Å². The molecule has 2 aliphatic heterocycles. The molecule has 0 aliphatic carbocycles. The van der Waals surface area contributed by atoms with Gasteiger partial charge in [0, 0.05) is 20.1 Å². The molecule has 2 saturated heterocycles. The van der Waals surface area contributed by atoms with Crippen LogP contribution in [0.25, 0.3) is 0 Å². The molecule has 0 spiro atoms. The Balaban J connectivity index is 1.53. The Hall–Kier alpha value is -3.04. The van der Waals surface area contributed by atoms with Crippen LogP contribution >= 0.6 is 0 Å². The maximum atomic E-state index is 13.7. The number of methoxy groups -OCH3 is 2. The van der Waals surface area contributed by atoms with Gasteiger partial charge in [0.1, 0.15) is 11.3 Å². The van der Waals surface area contributed by atoms with Gasteiger partial charge in [-0.25, -0.2) is 13.6 Å². The van der Waals surface area contributed by atoms with Crippen molar-refractivity contribution in [3.05, 3.63) is 65.2 Å². The lowest BCUT2D eigenvalue weighted by molar-refractivity contribution is -0.134. The third kappa shape index (κ3) is 5.31. The Morgan fingerprint density at radius 1 is 1.03 bits per heavy atom. The van der Waals surface area contributed by atoms with Crippen molar-refractivity contribution < 1.29 is 27.8 Å². The highest BCUT2D eigenvalue weighted by atomic mass is 19.2. The first-order valence-corrected chi connectivity index (χ1v) is 11.8. The second-order valence-corrected chi connectivity index (χ2v) is 9.18. The monoisotopic (exact) mass is 487 g/mol. The van der Waals surface area contributed by atoms with Crippen LogP contribution in [0.15, 0.2) is 42.5 Å². The number of hydrogen-bond acceptors (Lipinski definition) is 5. The van der Waals surface area contributed by atoms with Crippen molar-refractivity contribution in [3.63, 3.8) is 0 Å². The summed E-state index contributed by atoms with van der Waals surface area (Å²) in [6.45, 7) is 2.29. The van der Waals surface area contributed by atoms with Crippen LogP contribution in [-0.4, -0.2) is 67.7 Å². The lowest BCUT2D eigenvalue weighted by Gasteiger charge is -2.41. The quantitative estimate of drug-likeness (QED) is 0.550. The second-order valence-electron chi connectivity index (χ2n) is 9.18. The molecule has 4 rings (SSSR count). The Kier molecular flexibility index (Phi) is 7.66. The fourth-order valence-corrected chi connectivity index (χ4v) is 5.16. The first-order chi connectivity index (χ1) is 16.9. The molecule has 35 heavy (non-hydrogen) atoms. The van der Waals surface area contributed by atoms with E-state index >= 15 is 0 Å². The molecule has 1 atom stereocenters. The number of urea groups is 1. The molecular formula is C26H31F2N3O4. The number of nitrogens with zero attached hydrogens (tertiary/aromatic N) is 2. The molecule has 9 heteroatoms. The van der Waals surface area contributed by atoms with Crippen molar-refractivity contribution >= 4 is 11.9 Å². The molecule has 188 valence electrons. The third-order valence-corrected chi connectivity index (χ3v) is 7.01. The molecule has 0 saturated carbocycles. The number of carbonyl (C=O) groups is 2. The molecule has 2 aromatic rings. The van der Waals surface area contributed by atoms with Crippen LogP contribution < -0.4 is 10.1 Å². The smallest absolute Gasteiger partial charge is 0.325 e. The Bertz CT molecular complexity index is 1070. The number of piperidine rings is 1. The highest BCUT2D eigenvalue weighted by molar-refractivity contribution is 6.07. The minimum Gasteiger partial charge on any atom is -0.497 e. The highest BCUT2D eigenvalue weighted by Crippen LogP contribution is 2.37. The van der Waals surface area contributed by atoms with Gasteiger partial charge in [0.25, 0.3) is 5.91 Å². The molecule has 3 amide bonds. The van der Waals surface area contributed by atoms with Gasteiger partial charge in [-0.3, -0.25) is 14.6 Å². The Labute approximate surface area is 204 Å². The van der Waals surface area contributed by atoms with Crippen molar-refractivity contribution in [1.29, 1.82) is 0 Å². The average molecular weight is 488 g/mol. The van der Waals surface area contributed by atoms with E-state index in [1.54, 1.807) is 13.2 Å². The van der Waals surface area contributed by atoms with Crippen LogP contribution in [0.1, 0.15) is 24.0 Å². The number of nitrogens with one attached hydrogen (secondary N) is 1. The maximum absolute atomic E-state index is 13.7. The van der Waals surface area contributed by atoms with Gasteiger partial charge in [-0.1, -0.05) is 18.2 Å². The SMILES string of the molecule is COCCN1C(=O)NC(Cc2cccc(OC)c2)(C2CCN(Cc3ccc(F)c(F)c3)CC2)C1=O. The van der Waals surface area contributed by atoms with Gasteiger partial charge in [-0.2, -0.15) is 0 Å². The number of ether oxygens (including phenoxy) is 2. The lowest BCUT2D eigenvalue weighted by Crippen LogP contribution is -2.57. The number of halogens is 2. The predicted octanol–water partition coefficient (Wildman–Crippen LogP) is 3.37. The summed E-state index contributed by atoms with van der Waals surface area (Å²) in [5, 5.41) is 3.04. The molecule has 7 nitrogen and oxygen atoms in total. The summed E-state index contributed by atoms with van der Waals surface area (Å²) in [5.74, 6) is -1.35. The van der Waals surface area contributed by atoms with Gasteiger partial charge in [-0.15, -0.1) is 0 Å². The van der Waals surface area contributed by atoms with Crippen LogP contribution in [0.2, 0.25) is 0 Å². The van der Waals surface area contributed by atoms with Gasteiger partial charge >= 0.3 is 6.03 Å². The fourth-order valence-electron chi connectivity index (χ4n) is 5.16. The standard InChI is InChI=1S/C26H31F2N3O4/c1-34-13-12-31-24(32)26(29-25(31)33,16-18-4-3-5-21(14-18)35-2)20-8-10-30(11-9-20)17-19-6-7-22(27)23(28)15-19/h3-7,14-15,20H,8-13,16-17H2,1-2H3,(H,29,33). The zero-order chi connectivity index (χ0) is 25.0. The van der Waals surface area contributed by atoms with Crippen LogP contribution in [0.3, 0.4) is 0 Å². The van der Waals surface area contributed by atoms with Crippen molar-refractivity contribution in [2.75, 3.05) is 40.5 Å². The van der Waals surface area contributed by atoms with Gasteiger partial charge in [-0.05, 0) is 67.2 Å². The molecule has 1 N–H and O–H groups in total. The topological polar surface area (TPSA) is 71.1 Å². The number of rotatable bonds is 9. The van der Waals surface area contributed by atoms with Crippen LogP contribution in [0.5, 0.6) is 5.75 Å². The van der Waals surface area contributed by atoms with E-state index in [0.717, 1.165) is 11.6 Å². The predicted molar refractivity (Wildman–Crippen MR) is 126 cm³/mol. The third-order valence-electron chi connectivity index (χ3n) is 7.01. The number of benzene rings is 2. The van der Waals surface area contributed by atoms with E-state index < -0.39 is 23.2 Å². The summed E-state index contributed by atoms with van der Waals surface area (Å²) >= 11 is 0. The van der Waals surface area contributed by atoms with E-state index in [0.29, 0.717) is 50.2 Å². The van der Waals surface area contributed by atoms with Crippen LogP contribution in [0, 0.1) is 17.6 Å². The molecule has 0 bridgehead atoms. The largest absolute Gasteiger partial charge is 0.497 e. The van der Waals surface area contributed by atoms with Crippen molar-refractivity contribution in [2.45, 2.75) is 31.3 Å². The summed E-state index contributed by atoms with van der Waals surface area (Å²) in [5.41, 5.74) is 0.533. The number of imide groups is 1. The lowest BCUT2D eigenvalue weighted by atomic mass is 9.74. The number of amides is 3. The van der Waals surface area contributed by atoms with Gasteiger partial charge < -0.3 is 14.8 Å². The highest BCUT2D eigenvalue weighted by Gasteiger charge is 2.55. The normalized spacial score (nSPS) is 21.4. The van der Waals surface area contributed by atoms with Crippen molar-refractivity contribution in [2.24, 2.45) is 5.92 Å². The van der Waals surface area contributed by atoms with E-state index in [1.807, 2.05) is 24.3 Å². The Morgan fingerprint density at radius 2 is 1.80 bits per heavy atom. The number of carbonyl (C=O) groups excluding carboxylic acids is 2. The first-order valence-electron chi connectivity index (χ1n) is 11.8. The summed E-state index contributed by atoms with van der Waals surface area (Å²) in [6, 6.07) is 11.1. The molecule has 2 aromatic carbocycles. The van der Waals surface area contributed by atoms with E-state index in [4.69, 9.17) is 9.47 Å². The maximum Gasteiger partial charge on any atom is 0.325 e. The molecule has 0 aromatic heterocycles. The van der Waals surface area contributed by atoms with E-state index in [-0.39, 0.29) is 25.0 Å². The summed E-state index contributed by atoms with van der Waals surface area (Å²) < 4.78 is 37.3. The van der Waals surface area contributed by atoms with Crippen molar-refractivity contribution in [3.8, 4) is 5.75 Å². The van der Waals surface area contributed by atoms with E-state index in [9.17, 15) is 18.4 Å². The summed E-state index contributed by atoms with van der Waals surface area (Å²) in [7, 11) is 3.12. The second kappa shape index (κ2) is 10.7. The van der Waals surface area contributed by atoms with Crippen LogP contribution in [-0.2, 0) is 22.5 Å². The molecule has 2 heterocycles. The van der Waals surface area contributed by atoms with Gasteiger partial charge in [0.2, 0.25) is 0 Å². The Morgan fingerprint density at radius 3 is 2.49 bits per heavy atom. The molecule has 2 aliphatic rings. The van der Waals surface area contributed by atoms with Crippen molar-refractivity contribution in [1.82, 2.24) is 15.1 Å². The number of likely N-dealkylation sites (tertiary alicyclic amines) is 1. The molecular weight excluding hydrogens is 456 g/mol. The van der Waals surface area contributed by atoms with Gasteiger partial charge in [0.05, 0.1) is 20.3 Å². The molecule has 0 radical (unpaired) electrons. The fraction of sp³-hybridized carbons (Fsp3) is 0.462. The minimum absolute atomic E-state index is 0.0844. The average Bonchev–Trinajstić information content (AvgIpc) is 3.10. The molecule has 2 fully saturated rings. The van der Waals surface area contributed by atoms with Crippen LogP contribution in [0.4, 0.5) is 13.6 Å². The minimum atomic E-state index is -1.06. The molecule has 1 unspecified atom stereocenters. The van der Waals surface area contributed by atoms with Gasteiger partial charge in [0.15, 0.2) is 11.6 Å².